The number of aromatic amines is 1. The zero-order chi connectivity index (χ0) is 8.27. The van der Waals surface area contributed by atoms with E-state index < -0.39 is 0 Å². The van der Waals surface area contributed by atoms with Gasteiger partial charge in [-0.2, -0.15) is 5.10 Å². The first-order chi connectivity index (χ1) is 5.33. The van der Waals surface area contributed by atoms with Crippen LogP contribution >= 0.6 is 12.4 Å². The second kappa shape index (κ2) is 5.17. The minimum atomic E-state index is 0. The summed E-state index contributed by atoms with van der Waals surface area (Å²) >= 11 is 0. The standard InChI is InChI=1S/C8H15N3.ClH/c1-3-7-6(5-9)8(4-2)11-10-7;/h3-5,9H2,1-2H3,(H,10,11);1H. The zero-order valence-corrected chi connectivity index (χ0v) is 8.37. The molecule has 0 amide bonds. The first-order valence-corrected chi connectivity index (χ1v) is 4.08. The summed E-state index contributed by atoms with van der Waals surface area (Å²) in [5, 5.41) is 7.17. The summed E-state index contributed by atoms with van der Waals surface area (Å²) < 4.78 is 0. The Morgan fingerprint density at radius 3 is 2.42 bits per heavy atom. The van der Waals surface area contributed by atoms with Gasteiger partial charge in [-0.15, -0.1) is 12.4 Å². The largest absolute Gasteiger partial charge is 0.326 e. The van der Waals surface area contributed by atoms with Crippen molar-refractivity contribution in [3.63, 3.8) is 0 Å². The van der Waals surface area contributed by atoms with Gasteiger partial charge >= 0.3 is 0 Å². The topological polar surface area (TPSA) is 54.7 Å². The van der Waals surface area contributed by atoms with Crippen molar-refractivity contribution in [3.05, 3.63) is 17.0 Å². The molecule has 0 atom stereocenters. The Balaban J connectivity index is 0.00000121. The number of hydrogen-bond acceptors (Lipinski definition) is 2. The third-order valence-electron chi connectivity index (χ3n) is 1.93. The third-order valence-corrected chi connectivity index (χ3v) is 1.93. The van der Waals surface area contributed by atoms with Gasteiger partial charge < -0.3 is 5.73 Å². The van der Waals surface area contributed by atoms with Crippen LogP contribution in [-0.2, 0) is 19.4 Å². The number of nitrogens with two attached hydrogens (primary N) is 1. The van der Waals surface area contributed by atoms with Crippen molar-refractivity contribution >= 4 is 12.4 Å². The minimum Gasteiger partial charge on any atom is -0.326 e. The summed E-state index contributed by atoms with van der Waals surface area (Å²) in [6.45, 7) is 4.80. The second-order valence-electron chi connectivity index (χ2n) is 2.54. The number of nitrogens with one attached hydrogen (secondary N) is 1. The molecule has 1 aromatic rings. The summed E-state index contributed by atoms with van der Waals surface area (Å²) in [5.74, 6) is 0. The molecule has 3 N–H and O–H groups in total. The van der Waals surface area contributed by atoms with Gasteiger partial charge in [-0.1, -0.05) is 13.8 Å². The van der Waals surface area contributed by atoms with Crippen molar-refractivity contribution in [2.45, 2.75) is 33.2 Å². The molecule has 0 bridgehead atoms. The molecule has 0 fully saturated rings. The van der Waals surface area contributed by atoms with E-state index in [4.69, 9.17) is 5.73 Å². The Kier molecular flexibility index (Phi) is 4.93. The monoisotopic (exact) mass is 189 g/mol. The lowest BCUT2D eigenvalue weighted by atomic mass is 10.1. The lowest BCUT2D eigenvalue weighted by molar-refractivity contribution is 0.936. The normalized spacial score (nSPS) is 9.58. The fraction of sp³-hybridized carbons (Fsp3) is 0.625. The Hall–Kier alpha value is -0.540. The first-order valence-electron chi connectivity index (χ1n) is 4.08. The molecule has 0 spiro atoms. The fourth-order valence-electron chi connectivity index (χ4n) is 1.27. The van der Waals surface area contributed by atoms with E-state index in [-0.39, 0.29) is 12.4 Å². The van der Waals surface area contributed by atoms with Crippen LogP contribution in [0.3, 0.4) is 0 Å². The van der Waals surface area contributed by atoms with Crippen LogP contribution in [0.5, 0.6) is 0 Å². The number of aryl methyl sites for hydroxylation is 2. The summed E-state index contributed by atoms with van der Waals surface area (Å²) in [7, 11) is 0. The van der Waals surface area contributed by atoms with E-state index in [0.717, 1.165) is 18.5 Å². The van der Waals surface area contributed by atoms with E-state index in [0.29, 0.717) is 6.54 Å². The molecule has 1 rings (SSSR count). The molecule has 0 unspecified atom stereocenters. The maximum absolute atomic E-state index is 5.59. The van der Waals surface area contributed by atoms with Crippen molar-refractivity contribution in [2.75, 3.05) is 0 Å². The summed E-state index contributed by atoms with van der Waals surface area (Å²) in [6.07, 6.45) is 1.95. The van der Waals surface area contributed by atoms with Gasteiger partial charge in [0.15, 0.2) is 0 Å². The lowest BCUT2D eigenvalue weighted by Crippen LogP contribution is -2.01. The predicted molar refractivity (Wildman–Crippen MR) is 52.5 cm³/mol. The van der Waals surface area contributed by atoms with Crippen molar-refractivity contribution in [3.8, 4) is 0 Å². The Labute approximate surface area is 79.1 Å². The summed E-state index contributed by atoms with van der Waals surface area (Å²) in [6, 6.07) is 0. The molecule has 12 heavy (non-hydrogen) atoms. The van der Waals surface area contributed by atoms with Gasteiger partial charge in [-0.25, -0.2) is 0 Å². The molecule has 4 heteroatoms. The zero-order valence-electron chi connectivity index (χ0n) is 7.55. The molecular weight excluding hydrogens is 174 g/mol. The van der Waals surface area contributed by atoms with Crippen LogP contribution in [0.1, 0.15) is 30.8 Å². The SMILES string of the molecule is CCc1n[nH]c(CC)c1CN.Cl. The van der Waals surface area contributed by atoms with Gasteiger partial charge in [0.1, 0.15) is 0 Å². The van der Waals surface area contributed by atoms with Gasteiger partial charge in [-0.3, -0.25) is 5.10 Å². The Morgan fingerprint density at radius 1 is 1.33 bits per heavy atom. The second-order valence-corrected chi connectivity index (χ2v) is 2.54. The molecular formula is C8H16ClN3. The van der Waals surface area contributed by atoms with Crippen LogP contribution < -0.4 is 5.73 Å². The highest BCUT2D eigenvalue weighted by molar-refractivity contribution is 5.85. The van der Waals surface area contributed by atoms with Crippen molar-refractivity contribution in [1.29, 1.82) is 0 Å². The number of aromatic nitrogens is 2. The summed E-state index contributed by atoms with van der Waals surface area (Å²) in [5.41, 5.74) is 9.09. The quantitative estimate of drug-likeness (QED) is 0.756. The highest BCUT2D eigenvalue weighted by Gasteiger charge is 2.07. The molecule has 0 aliphatic heterocycles. The van der Waals surface area contributed by atoms with Crippen LogP contribution in [0.4, 0.5) is 0 Å². The molecule has 1 heterocycles. The molecule has 3 nitrogen and oxygen atoms in total. The number of nitrogens with zero attached hydrogens (tertiary/aromatic N) is 1. The number of H-pyrrole nitrogens is 1. The van der Waals surface area contributed by atoms with Crippen LogP contribution in [0, 0.1) is 0 Å². The predicted octanol–water partition coefficient (Wildman–Crippen LogP) is 1.41. The molecule has 70 valence electrons. The van der Waals surface area contributed by atoms with Gasteiger partial charge in [0, 0.05) is 17.8 Å². The van der Waals surface area contributed by atoms with Crippen LogP contribution in [0.15, 0.2) is 0 Å². The third kappa shape index (κ3) is 1.99. The Morgan fingerprint density at radius 2 is 2.00 bits per heavy atom. The number of hydrogen-bond donors (Lipinski definition) is 2. The van der Waals surface area contributed by atoms with Gasteiger partial charge in [0.2, 0.25) is 0 Å². The molecule has 0 aliphatic rings. The fourth-order valence-corrected chi connectivity index (χ4v) is 1.27. The van der Waals surface area contributed by atoms with Gasteiger partial charge in [0.25, 0.3) is 0 Å². The Bertz CT molecular complexity index is 211. The summed E-state index contributed by atoms with van der Waals surface area (Å²) in [4.78, 5) is 0. The van der Waals surface area contributed by atoms with Crippen molar-refractivity contribution < 1.29 is 0 Å². The smallest absolute Gasteiger partial charge is 0.0667 e. The van der Waals surface area contributed by atoms with Crippen LogP contribution in [0.2, 0.25) is 0 Å². The molecule has 0 saturated heterocycles. The van der Waals surface area contributed by atoms with E-state index >= 15 is 0 Å². The van der Waals surface area contributed by atoms with Gasteiger partial charge in [-0.05, 0) is 12.8 Å². The molecule has 1 aromatic heterocycles. The lowest BCUT2D eigenvalue weighted by Gasteiger charge is -1.97. The average molecular weight is 190 g/mol. The minimum absolute atomic E-state index is 0. The highest BCUT2D eigenvalue weighted by Crippen LogP contribution is 2.11. The molecule has 0 aromatic carbocycles. The van der Waals surface area contributed by atoms with E-state index in [1.165, 1.54) is 11.3 Å². The van der Waals surface area contributed by atoms with E-state index in [2.05, 4.69) is 24.0 Å². The van der Waals surface area contributed by atoms with Crippen LogP contribution in [0.25, 0.3) is 0 Å². The maximum atomic E-state index is 5.59. The highest BCUT2D eigenvalue weighted by atomic mass is 35.5. The maximum Gasteiger partial charge on any atom is 0.0667 e. The molecule has 0 aliphatic carbocycles. The van der Waals surface area contributed by atoms with E-state index in [1.54, 1.807) is 0 Å². The van der Waals surface area contributed by atoms with Crippen molar-refractivity contribution in [1.82, 2.24) is 10.2 Å². The van der Waals surface area contributed by atoms with Crippen molar-refractivity contribution in [2.24, 2.45) is 5.73 Å². The number of rotatable bonds is 3. The molecule has 0 saturated carbocycles. The first kappa shape index (κ1) is 11.5. The molecule has 0 radical (unpaired) electrons. The van der Waals surface area contributed by atoms with Gasteiger partial charge in [0.05, 0.1) is 5.69 Å². The van der Waals surface area contributed by atoms with E-state index in [9.17, 15) is 0 Å². The average Bonchev–Trinajstić information content (AvgIpc) is 2.45. The van der Waals surface area contributed by atoms with Crippen LogP contribution in [-0.4, -0.2) is 10.2 Å². The number of halogens is 1. The van der Waals surface area contributed by atoms with E-state index in [1.807, 2.05) is 0 Å².